The van der Waals surface area contributed by atoms with Crippen LogP contribution in [-0.4, -0.2) is 5.11 Å². The van der Waals surface area contributed by atoms with Crippen molar-refractivity contribution in [3.63, 3.8) is 0 Å². The Bertz CT molecular complexity index is 645. The summed E-state index contributed by atoms with van der Waals surface area (Å²) in [6, 6.07) is 17.5. The van der Waals surface area contributed by atoms with Gasteiger partial charge in [-0.15, -0.1) is 0 Å². The smallest absolute Gasteiger partial charge is 0.171 e. The molecule has 0 aliphatic carbocycles. The van der Waals surface area contributed by atoms with E-state index in [1.165, 1.54) is 16.7 Å². The lowest BCUT2D eigenvalue weighted by Crippen LogP contribution is -2.32. The molecule has 2 N–H and O–H groups in total. The second-order valence-electron chi connectivity index (χ2n) is 6.43. The van der Waals surface area contributed by atoms with Gasteiger partial charge in [-0.3, -0.25) is 0 Å². The highest BCUT2D eigenvalue weighted by molar-refractivity contribution is 7.80. The van der Waals surface area contributed by atoms with Gasteiger partial charge in [-0.1, -0.05) is 64.1 Å². The van der Waals surface area contributed by atoms with Crippen molar-refractivity contribution in [1.29, 1.82) is 0 Å². The van der Waals surface area contributed by atoms with Crippen LogP contribution >= 0.6 is 12.2 Å². The van der Waals surface area contributed by atoms with E-state index in [2.05, 4.69) is 86.9 Å². The fourth-order valence-corrected chi connectivity index (χ4v) is 2.94. The first-order chi connectivity index (χ1) is 11.5. The lowest BCUT2D eigenvalue weighted by Gasteiger charge is -2.20. The van der Waals surface area contributed by atoms with Crippen molar-refractivity contribution in [2.45, 2.75) is 52.5 Å². The first-order valence-electron chi connectivity index (χ1n) is 8.79. The lowest BCUT2D eigenvalue weighted by atomic mass is 9.98. The second-order valence-corrected chi connectivity index (χ2v) is 6.84. The Hall–Kier alpha value is -1.87. The topological polar surface area (TPSA) is 24.1 Å². The van der Waals surface area contributed by atoms with E-state index in [4.69, 9.17) is 12.2 Å². The van der Waals surface area contributed by atoms with Crippen LogP contribution in [-0.2, 0) is 6.42 Å². The molecule has 0 radical (unpaired) electrons. The van der Waals surface area contributed by atoms with Gasteiger partial charge >= 0.3 is 0 Å². The van der Waals surface area contributed by atoms with E-state index >= 15 is 0 Å². The van der Waals surface area contributed by atoms with E-state index in [-0.39, 0.29) is 6.04 Å². The summed E-state index contributed by atoms with van der Waals surface area (Å²) in [6.07, 6.45) is 2.03. The maximum atomic E-state index is 5.48. The van der Waals surface area contributed by atoms with Crippen molar-refractivity contribution in [3.8, 4) is 0 Å². The van der Waals surface area contributed by atoms with E-state index in [1.54, 1.807) is 0 Å². The Labute approximate surface area is 151 Å². The molecule has 0 saturated carbocycles. The molecular formula is C21H28N2S. The largest absolute Gasteiger partial charge is 0.356 e. The Balaban J connectivity index is 1.99. The first kappa shape index (κ1) is 18.5. The number of hydrogen-bond donors (Lipinski definition) is 2. The van der Waals surface area contributed by atoms with Gasteiger partial charge in [0.1, 0.15) is 0 Å². The number of thiocarbonyl (C=S) groups is 1. The highest BCUT2D eigenvalue weighted by Crippen LogP contribution is 2.21. The molecule has 2 nitrogen and oxygen atoms in total. The van der Waals surface area contributed by atoms with Gasteiger partial charge in [-0.2, -0.15) is 0 Å². The van der Waals surface area contributed by atoms with Crippen LogP contribution in [0.1, 0.15) is 62.8 Å². The molecule has 1 atom stereocenters. The van der Waals surface area contributed by atoms with E-state index in [0.29, 0.717) is 11.0 Å². The zero-order chi connectivity index (χ0) is 17.5. The monoisotopic (exact) mass is 340 g/mol. The molecule has 2 aromatic carbocycles. The average molecular weight is 341 g/mol. The van der Waals surface area contributed by atoms with Gasteiger partial charge in [0, 0.05) is 5.69 Å². The van der Waals surface area contributed by atoms with Crippen LogP contribution in [0.4, 0.5) is 5.69 Å². The van der Waals surface area contributed by atoms with E-state index < -0.39 is 0 Å². The van der Waals surface area contributed by atoms with Crippen LogP contribution in [0.2, 0.25) is 0 Å². The number of aryl methyl sites for hydroxylation is 1. The molecule has 0 aromatic heterocycles. The van der Waals surface area contributed by atoms with Gasteiger partial charge in [-0.05, 0) is 59.8 Å². The maximum absolute atomic E-state index is 5.48. The van der Waals surface area contributed by atoms with Crippen molar-refractivity contribution in [1.82, 2.24) is 5.32 Å². The molecule has 2 rings (SSSR count). The molecule has 128 valence electrons. The molecule has 3 heteroatoms. The molecule has 24 heavy (non-hydrogen) atoms. The number of anilines is 1. The Morgan fingerprint density at radius 1 is 0.917 bits per heavy atom. The summed E-state index contributed by atoms with van der Waals surface area (Å²) < 4.78 is 0. The SMILES string of the molecule is CCc1ccc(NC(=S)NC(CC)c2ccc(C(C)C)cc2)cc1. The van der Waals surface area contributed by atoms with E-state index in [0.717, 1.165) is 18.5 Å². The van der Waals surface area contributed by atoms with Gasteiger partial charge in [0.05, 0.1) is 6.04 Å². The quantitative estimate of drug-likeness (QED) is 0.649. The first-order valence-corrected chi connectivity index (χ1v) is 9.20. The highest BCUT2D eigenvalue weighted by Gasteiger charge is 2.11. The Morgan fingerprint density at radius 3 is 2.00 bits per heavy atom. The third kappa shape index (κ3) is 5.07. The van der Waals surface area contributed by atoms with Crippen LogP contribution in [0.25, 0.3) is 0 Å². The number of nitrogens with one attached hydrogen (secondary N) is 2. The maximum Gasteiger partial charge on any atom is 0.171 e. The van der Waals surface area contributed by atoms with Crippen LogP contribution in [0, 0.1) is 0 Å². The van der Waals surface area contributed by atoms with Gasteiger partial charge < -0.3 is 10.6 Å². The molecule has 0 aliphatic heterocycles. The zero-order valence-corrected chi connectivity index (χ0v) is 15.9. The predicted octanol–water partition coefficient (Wildman–Crippen LogP) is 5.81. The fraction of sp³-hybridized carbons (Fsp3) is 0.381. The van der Waals surface area contributed by atoms with Crippen molar-refractivity contribution in [2.24, 2.45) is 0 Å². The summed E-state index contributed by atoms with van der Waals surface area (Å²) in [4.78, 5) is 0. The fourth-order valence-electron chi connectivity index (χ4n) is 2.68. The minimum absolute atomic E-state index is 0.223. The molecule has 0 spiro atoms. The summed E-state index contributed by atoms with van der Waals surface area (Å²) >= 11 is 5.48. The zero-order valence-electron chi connectivity index (χ0n) is 15.1. The van der Waals surface area contributed by atoms with E-state index in [1.807, 2.05) is 0 Å². The standard InChI is InChI=1S/C21H28N2S/c1-5-16-7-13-19(14-8-16)22-21(24)23-20(6-2)18-11-9-17(10-12-18)15(3)4/h7-15,20H,5-6H2,1-4H3,(H2,22,23,24). The van der Waals surface area contributed by atoms with Gasteiger partial charge in [0.15, 0.2) is 5.11 Å². The third-order valence-electron chi connectivity index (χ3n) is 4.34. The average Bonchev–Trinajstić information content (AvgIpc) is 2.60. The molecule has 0 amide bonds. The van der Waals surface area contributed by atoms with Crippen LogP contribution < -0.4 is 10.6 Å². The van der Waals surface area contributed by atoms with Gasteiger partial charge in [-0.25, -0.2) is 0 Å². The van der Waals surface area contributed by atoms with Gasteiger partial charge in [0.2, 0.25) is 0 Å². The van der Waals surface area contributed by atoms with Crippen LogP contribution in [0.15, 0.2) is 48.5 Å². The number of rotatable bonds is 6. The van der Waals surface area contributed by atoms with Gasteiger partial charge in [0.25, 0.3) is 0 Å². The van der Waals surface area contributed by atoms with Crippen molar-refractivity contribution >= 4 is 23.0 Å². The summed E-state index contributed by atoms with van der Waals surface area (Å²) in [5.41, 5.74) is 4.99. The lowest BCUT2D eigenvalue weighted by molar-refractivity contribution is 0.628. The summed E-state index contributed by atoms with van der Waals surface area (Å²) in [5.74, 6) is 0.556. The third-order valence-corrected chi connectivity index (χ3v) is 4.56. The molecule has 0 fully saturated rings. The molecule has 0 saturated heterocycles. The molecule has 0 aliphatic rings. The summed E-state index contributed by atoms with van der Waals surface area (Å²) in [6.45, 7) is 8.76. The van der Waals surface area contributed by atoms with Crippen LogP contribution in [0.3, 0.4) is 0 Å². The molecule has 2 aromatic rings. The Kier molecular flexibility index (Phi) is 6.80. The normalized spacial score (nSPS) is 12.0. The Morgan fingerprint density at radius 2 is 1.50 bits per heavy atom. The van der Waals surface area contributed by atoms with Crippen molar-refractivity contribution in [3.05, 3.63) is 65.2 Å². The number of hydrogen-bond acceptors (Lipinski definition) is 1. The number of benzene rings is 2. The minimum atomic E-state index is 0.223. The minimum Gasteiger partial charge on any atom is -0.356 e. The summed E-state index contributed by atoms with van der Waals surface area (Å²) in [5, 5.41) is 7.37. The second kappa shape index (κ2) is 8.84. The van der Waals surface area contributed by atoms with Crippen molar-refractivity contribution in [2.75, 3.05) is 5.32 Å². The molecular weight excluding hydrogens is 312 g/mol. The predicted molar refractivity (Wildman–Crippen MR) is 109 cm³/mol. The molecule has 0 heterocycles. The molecule has 0 bridgehead atoms. The highest BCUT2D eigenvalue weighted by atomic mass is 32.1. The van der Waals surface area contributed by atoms with Crippen LogP contribution in [0.5, 0.6) is 0 Å². The summed E-state index contributed by atoms with van der Waals surface area (Å²) in [7, 11) is 0. The van der Waals surface area contributed by atoms with E-state index in [9.17, 15) is 0 Å². The molecule has 1 unspecified atom stereocenters. The van der Waals surface area contributed by atoms with Crippen molar-refractivity contribution < 1.29 is 0 Å².